The molecule has 9 heteroatoms. The van der Waals surface area contributed by atoms with Gasteiger partial charge in [0.2, 0.25) is 0 Å². The summed E-state index contributed by atoms with van der Waals surface area (Å²) in [6.07, 6.45) is 4.53. The Labute approximate surface area is 118 Å². The fourth-order valence-corrected chi connectivity index (χ4v) is 1.90. The van der Waals surface area contributed by atoms with Gasteiger partial charge >= 0.3 is 5.69 Å². The van der Waals surface area contributed by atoms with Crippen LogP contribution in [0.2, 0.25) is 0 Å². The first kappa shape index (κ1) is 12.9. The van der Waals surface area contributed by atoms with Gasteiger partial charge in [0.05, 0.1) is 18.4 Å². The van der Waals surface area contributed by atoms with Crippen LogP contribution in [-0.2, 0) is 6.54 Å². The van der Waals surface area contributed by atoms with E-state index in [1.807, 2.05) is 5.43 Å². The summed E-state index contributed by atoms with van der Waals surface area (Å²) < 4.78 is 2.63. The van der Waals surface area contributed by atoms with Crippen LogP contribution in [0.3, 0.4) is 0 Å². The van der Waals surface area contributed by atoms with Crippen molar-refractivity contribution in [2.75, 3.05) is 0 Å². The largest absolute Gasteiger partial charge is 0.350 e. The van der Waals surface area contributed by atoms with E-state index in [1.165, 1.54) is 33.7 Å². The lowest BCUT2D eigenvalue weighted by molar-refractivity contribution is 0.0948. The Morgan fingerprint density at radius 3 is 3.00 bits per heavy atom. The van der Waals surface area contributed by atoms with Gasteiger partial charge in [0.25, 0.3) is 5.91 Å². The maximum atomic E-state index is 12.1. The molecule has 106 valence electrons. The number of fused-ring (bicyclic) bond motifs is 1. The molecular weight excluding hydrogens is 274 g/mol. The molecular formula is C12H11N7O2. The molecule has 3 aromatic rings. The number of nitrogens with two attached hydrogens (primary N) is 1. The maximum Gasteiger partial charge on any atom is 0.350 e. The molecule has 0 spiro atoms. The molecule has 0 aliphatic heterocycles. The summed E-state index contributed by atoms with van der Waals surface area (Å²) in [6, 6.07) is 4.89. The minimum atomic E-state index is -0.497. The van der Waals surface area contributed by atoms with Crippen molar-refractivity contribution in [1.82, 2.24) is 29.6 Å². The third-order valence-corrected chi connectivity index (χ3v) is 2.87. The minimum Gasteiger partial charge on any atom is -0.289 e. The van der Waals surface area contributed by atoms with Gasteiger partial charge in [-0.3, -0.25) is 15.2 Å². The first-order chi connectivity index (χ1) is 10.2. The number of carbonyl (C=O) groups excluding carboxylic acids is 1. The van der Waals surface area contributed by atoms with Crippen LogP contribution in [0.1, 0.15) is 16.2 Å². The third kappa shape index (κ3) is 2.37. The van der Waals surface area contributed by atoms with Crippen molar-refractivity contribution in [3.63, 3.8) is 0 Å². The van der Waals surface area contributed by atoms with Gasteiger partial charge in [0, 0.05) is 12.4 Å². The fraction of sp³-hybridized carbons (Fsp3) is 0.0833. The van der Waals surface area contributed by atoms with Crippen molar-refractivity contribution in [3.8, 4) is 0 Å². The third-order valence-electron chi connectivity index (χ3n) is 2.87. The molecule has 0 aliphatic rings. The van der Waals surface area contributed by atoms with Crippen LogP contribution in [-0.4, -0.2) is 30.1 Å². The lowest BCUT2D eigenvalue weighted by atomic mass is 10.3. The molecule has 0 saturated heterocycles. The van der Waals surface area contributed by atoms with Crippen LogP contribution in [0.4, 0.5) is 0 Å². The SMILES string of the molecule is NNC(=O)c1cccc(Cn2nc3cnccn3c2=O)n1. The number of nitrogens with one attached hydrogen (secondary N) is 1. The zero-order valence-electron chi connectivity index (χ0n) is 10.8. The molecule has 0 radical (unpaired) electrons. The Hall–Kier alpha value is -3.07. The quantitative estimate of drug-likeness (QED) is 0.359. The molecule has 0 saturated carbocycles. The fourth-order valence-electron chi connectivity index (χ4n) is 1.90. The second-order valence-electron chi connectivity index (χ2n) is 4.23. The van der Waals surface area contributed by atoms with Crippen LogP contribution in [0.5, 0.6) is 0 Å². The second-order valence-corrected chi connectivity index (χ2v) is 4.23. The number of nitrogen functional groups attached to an aromatic ring is 1. The van der Waals surface area contributed by atoms with Gasteiger partial charge in [-0.05, 0) is 12.1 Å². The molecule has 0 atom stereocenters. The first-order valence-electron chi connectivity index (χ1n) is 6.05. The number of hydrogen-bond donors (Lipinski definition) is 2. The normalized spacial score (nSPS) is 10.7. The summed E-state index contributed by atoms with van der Waals surface area (Å²) >= 11 is 0. The highest BCUT2D eigenvalue weighted by Gasteiger charge is 2.10. The lowest BCUT2D eigenvalue weighted by Crippen LogP contribution is -2.31. The molecule has 0 aromatic carbocycles. The van der Waals surface area contributed by atoms with E-state index in [4.69, 9.17) is 5.84 Å². The molecule has 0 unspecified atom stereocenters. The van der Waals surface area contributed by atoms with Crippen LogP contribution in [0.25, 0.3) is 5.65 Å². The van der Waals surface area contributed by atoms with Gasteiger partial charge in [0.1, 0.15) is 5.69 Å². The van der Waals surface area contributed by atoms with E-state index in [1.54, 1.807) is 12.1 Å². The van der Waals surface area contributed by atoms with Crippen molar-refractivity contribution < 1.29 is 4.79 Å². The highest BCUT2D eigenvalue weighted by atomic mass is 16.2. The average Bonchev–Trinajstić information content (AvgIpc) is 2.83. The molecule has 0 fully saturated rings. The Bertz CT molecular complexity index is 867. The predicted molar refractivity (Wildman–Crippen MR) is 72.2 cm³/mol. The van der Waals surface area contributed by atoms with E-state index in [0.717, 1.165) is 0 Å². The van der Waals surface area contributed by atoms with Crippen LogP contribution < -0.4 is 17.0 Å². The number of amides is 1. The number of aromatic nitrogens is 5. The monoisotopic (exact) mass is 285 g/mol. The predicted octanol–water partition coefficient (Wildman–Crippen LogP) is -1.06. The van der Waals surface area contributed by atoms with E-state index < -0.39 is 5.91 Å². The van der Waals surface area contributed by atoms with Crippen LogP contribution in [0.15, 0.2) is 41.6 Å². The number of pyridine rings is 1. The zero-order valence-corrected chi connectivity index (χ0v) is 10.8. The van der Waals surface area contributed by atoms with Crippen molar-refractivity contribution in [2.45, 2.75) is 6.54 Å². The first-order valence-corrected chi connectivity index (χ1v) is 6.05. The van der Waals surface area contributed by atoms with E-state index >= 15 is 0 Å². The molecule has 3 aromatic heterocycles. The Morgan fingerprint density at radius 2 is 2.24 bits per heavy atom. The molecule has 9 nitrogen and oxygen atoms in total. The molecule has 0 bridgehead atoms. The van der Waals surface area contributed by atoms with E-state index in [-0.39, 0.29) is 17.9 Å². The van der Waals surface area contributed by atoms with Gasteiger partial charge in [-0.15, -0.1) is 5.10 Å². The summed E-state index contributed by atoms with van der Waals surface area (Å²) in [5.41, 5.74) is 2.84. The molecule has 1 amide bonds. The van der Waals surface area contributed by atoms with E-state index in [9.17, 15) is 9.59 Å². The molecule has 3 heterocycles. The summed E-state index contributed by atoms with van der Waals surface area (Å²) in [5, 5.41) is 4.14. The number of hydrazine groups is 1. The van der Waals surface area contributed by atoms with Crippen molar-refractivity contribution in [2.24, 2.45) is 5.84 Å². The van der Waals surface area contributed by atoms with E-state index in [0.29, 0.717) is 11.3 Å². The summed E-state index contributed by atoms with van der Waals surface area (Å²) in [6.45, 7) is 0.145. The summed E-state index contributed by atoms with van der Waals surface area (Å²) in [5.74, 6) is 4.57. The highest BCUT2D eigenvalue weighted by molar-refractivity contribution is 5.91. The van der Waals surface area contributed by atoms with Crippen LogP contribution >= 0.6 is 0 Å². The van der Waals surface area contributed by atoms with E-state index in [2.05, 4.69) is 15.1 Å². The van der Waals surface area contributed by atoms with Gasteiger partial charge < -0.3 is 0 Å². The minimum absolute atomic E-state index is 0.145. The topological polar surface area (TPSA) is 120 Å². The summed E-state index contributed by atoms with van der Waals surface area (Å²) in [7, 11) is 0. The average molecular weight is 285 g/mol. The molecule has 0 aliphatic carbocycles. The van der Waals surface area contributed by atoms with Gasteiger partial charge in [-0.1, -0.05) is 6.07 Å². The number of rotatable bonds is 3. The Kier molecular flexibility index (Phi) is 3.16. The second kappa shape index (κ2) is 5.13. The summed E-state index contributed by atoms with van der Waals surface area (Å²) in [4.78, 5) is 31.6. The van der Waals surface area contributed by atoms with Gasteiger partial charge in [0.15, 0.2) is 5.65 Å². The Morgan fingerprint density at radius 1 is 1.38 bits per heavy atom. The molecule has 21 heavy (non-hydrogen) atoms. The highest BCUT2D eigenvalue weighted by Crippen LogP contribution is 2.01. The van der Waals surface area contributed by atoms with Crippen molar-refractivity contribution in [3.05, 3.63) is 58.7 Å². The maximum absolute atomic E-state index is 12.1. The Balaban J connectivity index is 1.97. The standard InChI is InChI=1S/C12H11N7O2/c13-16-11(20)9-3-1-2-8(15-9)7-19-12(21)18-5-4-14-6-10(18)17-19/h1-6H,7,13H2,(H,16,20). The number of hydrogen-bond acceptors (Lipinski definition) is 6. The van der Waals surface area contributed by atoms with Crippen LogP contribution in [0, 0.1) is 0 Å². The van der Waals surface area contributed by atoms with Crippen molar-refractivity contribution in [1.29, 1.82) is 0 Å². The number of nitrogens with zero attached hydrogens (tertiary/aromatic N) is 5. The lowest BCUT2D eigenvalue weighted by Gasteiger charge is -2.02. The van der Waals surface area contributed by atoms with Crippen molar-refractivity contribution >= 4 is 11.6 Å². The smallest absolute Gasteiger partial charge is 0.289 e. The van der Waals surface area contributed by atoms with Gasteiger partial charge in [-0.25, -0.2) is 24.7 Å². The van der Waals surface area contributed by atoms with Gasteiger partial charge in [-0.2, -0.15) is 0 Å². The molecule has 3 N–H and O–H groups in total. The number of carbonyl (C=O) groups is 1. The zero-order chi connectivity index (χ0) is 14.8. The molecule has 3 rings (SSSR count).